The van der Waals surface area contributed by atoms with Crippen LogP contribution in [0.15, 0.2) is 12.1 Å². The van der Waals surface area contributed by atoms with Crippen LogP contribution < -0.4 is 4.74 Å². The van der Waals surface area contributed by atoms with Gasteiger partial charge >= 0.3 is 0 Å². The van der Waals surface area contributed by atoms with Gasteiger partial charge in [-0.2, -0.15) is 0 Å². The maximum Gasteiger partial charge on any atom is 0.257 e. The van der Waals surface area contributed by atoms with Crippen LogP contribution in [0.3, 0.4) is 0 Å². The average molecular weight is 408 g/mol. The van der Waals surface area contributed by atoms with E-state index in [1.54, 1.807) is 24.1 Å². The molecule has 0 unspecified atom stereocenters. The van der Waals surface area contributed by atoms with Crippen LogP contribution in [0, 0.1) is 9.49 Å². The van der Waals surface area contributed by atoms with Gasteiger partial charge < -0.3 is 9.64 Å². The second-order valence-corrected chi connectivity index (χ2v) is 6.87. The van der Waals surface area contributed by atoms with Crippen molar-refractivity contribution < 1.29 is 9.53 Å². The summed E-state index contributed by atoms with van der Waals surface area (Å²) in [6.45, 7) is 0.811. The Morgan fingerprint density at radius 1 is 1.45 bits per heavy atom. The van der Waals surface area contributed by atoms with Crippen molar-refractivity contribution in [2.24, 2.45) is 5.92 Å². The lowest BCUT2D eigenvalue weighted by atomic mass is 10.1. The molecule has 2 rings (SSSR count). The summed E-state index contributed by atoms with van der Waals surface area (Å²) in [5.41, 5.74) is 0.540. The van der Waals surface area contributed by atoms with Crippen molar-refractivity contribution in [2.45, 2.75) is 25.7 Å². The van der Waals surface area contributed by atoms with Gasteiger partial charge in [0.05, 0.1) is 17.7 Å². The first-order valence-corrected chi connectivity index (χ1v) is 8.27. The average Bonchev–Trinajstić information content (AvgIpc) is 2.93. The summed E-state index contributed by atoms with van der Waals surface area (Å²) >= 11 is 8.26. The minimum absolute atomic E-state index is 0.0212. The van der Waals surface area contributed by atoms with Gasteiger partial charge in [0, 0.05) is 17.2 Å². The molecule has 20 heavy (non-hydrogen) atoms. The molecule has 0 saturated heterocycles. The van der Waals surface area contributed by atoms with Crippen molar-refractivity contribution in [2.75, 3.05) is 20.7 Å². The predicted octanol–water partition coefficient (Wildman–Crippen LogP) is 4.22. The van der Waals surface area contributed by atoms with Crippen LogP contribution in [-0.4, -0.2) is 31.5 Å². The molecule has 0 radical (unpaired) electrons. The van der Waals surface area contributed by atoms with Gasteiger partial charge in [0.15, 0.2) is 0 Å². The molecule has 0 bridgehead atoms. The lowest BCUT2D eigenvalue weighted by molar-refractivity contribution is 0.0770. The highest BCUT2D eigenvalue weighted by molar-refractivity contribution is 14.1. The molecule has 3 nitrogen and oxygen atoms in total. The molecule has 1 aromatic rings. The molecule has 0 atom stereocenters. The Balaban J connectivity index is 2.16. The van der Waals surface area contributed by atoms with Gasteiger partial charge in [0.2, 0.25) is 0 Å². The first-order chi connectivity index (χ1) is 9.52. The second-order valence-electron chi connectivity index (χ2n) is 5.30. The highest BCUT2D eigenvalue weighted by atomic mass is 127. The van der Waals surface area contributed by atoms with E-state index in [0.29, 0.717) is 22.3 Å². The Kier molecular flexibility index (Phi) is 5.55. The van der Waals surface area contributed by atoms with E-state index in [9.17, 15) is 4.79 Å². The Labute approximate surface area is 138 Å². The summed E-state index contributed by atoms with van der Waals surface area (Å²) in [6.07, 6.45) is 5.02. The molecule has 1 aliphatic rings. The standard InChI is InChI=1S/C15H19ClINO2/c1-18(9-10-5-3-4-6-10)15(19)11-7-12(16)13(17)8-14(11)20-2/h7-8,10H,3-6,9H2,1-2H3. The molecule has 0 spiro atoms. The first-order valence-electron chi connectivity index (χ1n) is 6.81. The zero-order valence-corrected chi connectivity index (χ0v) is 14.7. The molecule has 0 aromatic heterocycles. The summed E-state index contributed by atoms with van der Waals surface area (Å²) in [4.78, 5) is 14.3. The maximum atomic E-state index is 12.6. The van der Waals surface area contributed by atoms with Crippen molar-refractivity contribution in [3.63, 3.8) is 0 Å². The van der Waals surface area contributed by atoms with Gasteiger partial charge in [0.25, 0.3) is 5.91 Å². The number of hydrogen-bond donors (Lipinski definition) is 0. The van der Waals surface area contributed by atoms with Gasteiger partial charge in [-0.15, -0.1) is 0 Å². The van der Waals surface area contributed by atoms with Crippen molar-refractivity contribution in [3.8, 4) is 5.75 Å². The SMILES string of the molecule is COc1cc(I)c(Cl)cc1C(=O)N(C)CC1CCCC1. The minimum atomic E-state index is -0.0212. The number of nitrogens with zero attached hydrogens (tertiary/aromatic N) is 1. The number of amides is 1. The number of carbonyl (C=O) groups is 1. The van der Waals surface area contributed by atoms with E-state index < -0.39 is 0 Å². The molecule has 1 saturated carbocycles. The Morgan fingerprint density at radius 2 is 2.10 bits per heavy atom. The number of benzene rings is 1. The molecular formula is C15H19ClINO2. The van der Waals surface area contributed by atoms with Crippen LogP contribution >= 0.6 is 34.2 Å². The fourth-order valence-electron chi connectivity index (χ4n) is 2.73. The van der Waals surface area contributed by atoms with Crippen molar-refractivity contribution >= 4 is 40.1 Å². The van der Waals surface area contributed by atoms with Gasteiger partial charge in [-0.25, -0.2) is 0 Å². The van der Waals surface area contributed by atoms with Crippen LogP contribution in [0.5, 0.6) is 5.75 Å². The number of carbonyl (C=O) groups excluding carboxylic acids is 1. The predicted molar refractivity (Wildman–Crippen MR) is 89.6 cm³/mol. The molecule has 0 N–H and O–H groups in total. The van der Waals surface area contributed by atoms with Gasteiger partial charge in [-0.1, -0.05) is 24.4 Å². The molecule has 1 fully saturated rings. The van der Waals surface area contributed by atoms with E-state index in [1.807, 2.05) is 7.05 Å². The topological polar surface area (TPSA) is 29.5 Å². The van der Waals surface area contributed by atoms with Crippen molar-refractivity contribution in [1.82, 2.24) is 4.90 Å². The third-order valence-electron chi connectivity index (χ3n) is 3.83. The Bertz CT molecular complexity index is 501. The van der Waals surface area contributed by atoms with Gasteiger partial charge in [0.1, 0.15) is 5.75 Å². The van der Waals surface area contributed by atoms with E-state index in [4.69, 9.17) is 16.3 Å². The van der Waals surface area contributed by atoms with Crippen LogP contribution in [0.25, 0.3) is 0 Å². The monoisotopic (exact) mass is 407 g/mol. The highest BCUT2D eigenvalue weighted by Gasteiger charge is 2.23. The summed E-state index contributed by atoms with van der Waals surface area (Å²) < 4.78 is 6.20. The van der Waals surface area contributed by atoms with E-state index >= 15 is 0 Å². The zero-order valence-electron chi connectivity index (χ0n) is 11.8. The third-order valence-corrected chi connectivity index (χ3v) is 5.35. The number of halogens is 2. The second kappa shape index (κ2) is 6.98. The van der Waals surface area contributed by atoms with E-state index in [2.05, 4.69) is 22.6 Å². The fraction of sp³-hybridized carbons (Fsp3) is 0.533. The molecule has 1 aliphatic carbocycles. The quantitative estimate of drug-likeness (QED) is 0.700. The maximum absolute atomic E-state index is 12.6. The van der Waals surface area contributed by atoms with E-state index in [-0.39, 0.29) is 5.91 Å². The largest absolute Gasteiger partial charge is 0.496 e. The van der Waals surface area contributed by atoms with Crippen LogP contribution in [-0.2, 0) is 0 Å². The minimum Gasteiger partial charge on any atom is -0.496 e. The lowest BCUT2D eigenvalue weighted by Crippen LogP contribution is -2.31. The molecule has 1 aromatic carbocycles. The molecule has 0 aliphatic heterocycles. The van der Waals surface area contributed by atoms with Gasteiger partial charge in [-0.05, 0) is 53.5 Å². The number of rotatable bonds is 4. The number of methoxy groups -OCH3 is 1. The Hall–Kier alpha value is -0.490. The molecular weight excluding hydrogens is 389 g/mol. The normalized spacial score (nSPS) is 15.4. The smallest absolute Gasteiger partial charge is 0.257 e. The molecule has 5 heteroatoms. The first kappa shape index (κ1) is 15.9. The summed E-state index contributed by atoms with van der Waals surface area (Å²) in [7, 11) is 3.43. The summed E-state index contributed by atoms with van der Waals surface area (Å²) in [5.74, 6) is 1.20. The molecule has 110 valence electrons. The molecule has 1 amide bonds. The van der Waals surface area contributed by atoms with Crippen LogP contribution in [0.2, 0.25) is 5.02 Å². The van der Waals surface area contributed by atoms with Crippen molar-refractivity contribution in [3.05, 3.63) is 26.3 Å². The molecule has 0 heterocycles. The van der Waals surface area contributed by atoms with E-state index in [0.717, 1.165) is 10.1 Å². The number of hydrogen-bond acceptors (Lipinski definition) is 2. The highest BCUT2D eigenvalue weighted by Crippen LogP contribution is 2.30. The zero-order chi connectivity index (χ0) is 14.7. The van der Waals surface area contributed by atoms with Crippen molar-refractivity contribution in [1.29, 1.82) is 0 Å². The lowest BCUT2D eigenvalue weighted by Gasteiger charge is -2.22. The summed E-state index contributed by atoms with van der Waals surface area (Å²) in [5, 5.41) is 0.587. The van der Waals surface area contributed by atoms with Crippen LogP contribution in [0.1, 0.15) is 36.0 Å². The third kappa shape index (κ3) is 3.58. The number of ether oxygens (including phenoxy) is 1. The van der Waals surface area contributed by atoms with E-state index in [1.165, 1.54) is 25.7 Å². The van der Waals surface area contributed by atoms with Crippen LogP contribution in [0.4, 0.5) is 0 Å². The van der Waals surface area contributed by atoms with Gasteiger partial charge in [-0.3, -0.25) is 4.79 Å². The Morgan fingerprint density at radius 3 is 2.70 bits per heavy atom. The summed E-state index contributed by atoms with van der Waals surface area (Å²) in [6, 6.07) is 3.51. The fourth-order valence-corrected chi connectivity index (χ4v) is 3.34.